The van der Waals surface area contributed by atoms with Crippen LogP contribution >= 0.6 is 0 Å². The van der Waals surface area contributed by atoms with E-state index in [1.807, 2.05) is 19.1 Å². The predicted octanol–water partition coefficient (Wildman–Crippen LogP) is 4.11. The lowest BCUT2D eigenvalue weighted by molar-refractivity contribution is -0.140. The van der Waals surface area contributed by atoms with Gasteiger partial charge in [0, 0.05) is 12.6 Å². The largest absolute Gasteiger partial charge is 0.416 e. The molecule has 0 saturated heterocycles. The number of alkyl halides is 3. The third-order valence-corrected chi connectivity index (χ3v) is 6.57. The minimum Gasteiger partial charge on any atom is -0.352 e. The average Bonchev–Trinajstić information content (AvgIpc) is 2.76. The SMILES string of the molecule is CC[C@H](C(=O)NC(C)C)N(Cc1ccc(C)cc1)C(=O)CN(c1cccc(C(F)(F)F)c1)S(C)(=O)=O. The molecule has 11 heteroatoms. The van der Waals surface area contributed by atoms with Gasteiger partial charge in [0.25, 0.3) is 0 Å². The van der Waals surface area contributed by atoms with Crippen molar-refractivity contribution in [2.45, 2.75) is 58.9 Å². The number of halogens is 3. The number of aryl methyl sites for hydroxylation is 1. The molecule has 0 saturated carbocycles. The molecule has 2 aromatic rings. The van der Waals surface area contributed by atoms with E-state index < -0.39 is 46.2 Å². The van der Waals surface area contributed by atoms with Crippen LogP contribution in [0.2, 0.25) is 0 Å². The highest BCUT2D eigenvalue weighted by molar-refractivity contribution is 7.92. The monoisotopic (exact) mass is 527 g/mol. The zero-order chi connectivity index (χ0) is 27.3. The molecule has 2 rings (SSSR count). The summed E-state index contributed by atoms with van der Waals surface area (Å²) in [5.41, 5.74) is 0.375. The van der Waals surface area contributed by atoms with E-state index >= 15 is 0 Å². The first-order valence-electron chi connectivity index (χ1n) is 11.4. The summed E-state index contributed by atoms with van der Waals surface area (Å²) >= 11 is 0. The van der Waals surface area contributed by atoms with E-state index in [0.29, 0.717) is 10.4 Å². The number of amides is 2. The van der Waals surface area contributed by atoms with Crippen molar-refractivity contribution in [1.82, 2.24) is 10.2 Å². The summed E-state index contributed by atoms with van der Waals surface area (Å²) in [5, 5.41) is 2.77. The van der Waals surface area contributed by atoms with Crippen LogP contribution < -0.4 is 9.62 Å². The summed E-state index contributed by atoms with van der Waals surface area (Å²) in [6.45, 7) is 6.42. The molecule has 0 heterocycles. The van der Waals surface area contributed by atoms with Crippen LogP contribution in [0.1, 0.15) is 43.9 Å². The minimum absolute atomic E-state index is 0.0172. The second kappa shape index (κ2) is 11.8. The van der Waals surface area contributed by atoms with Gasteiger partial charge in [-0.1, -0.05) is 42.8 Å². The third-order valence-electron chi connectivity index (χ3n) is 5.43. The van der Waals surface area contributed by atoms with E-state index in [-0.39, 0.29) is 24.7 Å². The molecule has 0 aliphatic heterocycles. The molecule has 0 aliphatic rings. The Bertz CT molecular complexity index is 1170. The number of nitrogens with zero attached hydrogens (tertiary/aromatic N) is 2. The van der Waals surface area contributed by atoms with Gasteiger partial charge in [-0.15, -0.1) is 0 Å². The van der Waals surface area contributed by atoms with Crippen LogP contribution in [-0.4, -0.2) is 50.0 Å². The number of hydrogen-bond acceptors (Lipinski definition) is 4. The highest BCUT2D eigenvalue weighted by Gasteiger charge is 2.34. The maximum atomic E-state index is 13.5. The Kier molecular flexibility index (Phi) is 9.53. The van der Waals surface area contributed by atoms with Gasteiger partial charge in [0.2, 0.25) is 21.8 Å². The van der Waals surface area contributed by atoms with E-state index in [1.54, 1.807) is 32.9 Å². The molecule has 1 atom stereocenters. The lowest BCUT2D eigenvalue weighted by Crippen LogP contribution is -2.53. The van der Waals surface area contributed by atoms with Crippen LogP contribution in [0.3, 0.4) is 0 Å². The van der Waals surface area contributed by atoms with E-state index in [1.165, 1.54) is 11.0 Å². The average molecular weight is 528 g/mol. The molecule has 2 aromatic carbocycles. The number of rotatable bonds is 10. The van der Waals surface area contributed by atoms with Crippen LogP contribution in [-0.2, 0) is 32.3 Å². The fourth-order valence-electron chi connectivity index (χ4n) is 3.64. The van der Waals surface area contributed by atoms with Crippen LogP contribution in [0.4, 0.5) is 18.9 Å². The highest BCUT2D eigenvalue weighted by atomic mass is 32.2. The number of carbonyl (C=O) groups excluding carboxylic acids is 2. The molecular formula is C25H32F3N3O4S. The zero-order valence-corrected chi connectivity index (χ0v) is 21.8. The first kappa shape index (κ1) is 29.2. The van der Waals surface area contributed by atoms with Crippen molar-refractivity contribution < 1.29 is 31.2 Å². The van der Waals surface area contributed by atoms with Gasteiger partial charge in [-0.25, -0.2) is 8.42 Å². The van der Waals surface area contributed by atoms with Crippen molar-refractivity contribution in [3.8, 4) is 0 Å². The molecule has 0 aliphatic carbocycles. The molecule has 0 unspecified atom stereocenters. The first-order valence-corrected chi connectivity index (χ1v) is 13.3. The summed E-state index contributed by atoms with van der Waals surface area (Å²) in [6.07, 6.45) is -3.63. The highest BCUT2D eigenvalue weighted by Crippen LogP contribution is 2.32. The van der Waals surface area contributed by atoms with Crippen LogP contribution in [0.5, 0.6) is 0 Å². The van der Waals surface area contributed by atoms with Gasteiger partial charge in [-0.2, -0.15) is 13.2 Å². The Labute approximate surface area is 210 Å². The summed E-state index contributed by atoms with van der Waals surface area (Å²) in [7, 11) is -4.14. The van der Waals surface area contributed by atoms with Crippen molar-refractivity contribution in [2.75, 3.05) is 17.1 Å². The van der Waals surface area contributed by atoms with Crippen molar-refractivity contribution >= 4 is 27.5 Å². The number of sulfonamides is 1. The lowest BCUT2D eigenvalue weighted by Gasteiger charge is -2.33. The summed E-state index contributed by atoms with van der Waals surface area (Å²) < 4.78 is 65.5. The fraction of sp³-hybridized carbons (Fsp3) is 0.440. The van der Waals surface area contributed by atoms with Crippen LogP contribution in [0.25, 0.3) is 0 Å². The molecule has 1 N–H and O–H groups in total. The normalized spacial score (nSPS) is 12.8. The molecule has 0 fully saturated rings. The molecule has 0 radical (unpaired) electrons. The van der Waals surface area contributed by atoms with Gasteiger partial charge in [0.15, 0.2) is 0 Å². The molecular weight excluding hydrogens is 495 g/mol. The van der Waals surface area contributed by atoms with Gasteiger partial charge in [0.05, 0.1) is 17.5 Å². The topological polar surface area (TPSA) is 86.8 Å². The summed E-state index contributed by atoms with van der Waals surface area (Å²) in [6, 6.07) is 9.95. The molecule has 0 bridgehead atoms. The van der Waals surface area contributed by atoms with Gasteiger partial charge in [0.1, 0.15) is 12.6 Å². The predicted molar refractivity (Wildman–Crippen MR) is 133 cm³/mol. The lowest BCUT2D eigenvalue weighted by atomic mass is 10.1. The van der Waals surface area contributed by atoms with E-state index in [2.05, 4.69) is 5.32 Å². The Balaban J connectivity index is 2.48. The number of carbonyl (C=O) groups is 2. The van der Waals surface area contributed by atoms with Gasteiger partial charge in [-0.05, 0) is 51.0 Å². The Hall–Kier alpha value is -3.08. The quantitative estimate of drug-likeness (QED) is 0.504. The summed E-state index contributed by atoms with van der Waals surface area (Å²) in [5.74, 6) is -1.12. The van der Waals surface area contributed by atoms with Gasteiger partial charge < -0.3 is 10.2 Å². The Morgan fingerprint density at radius 3 is 2.17 bits per heavy atom. The maximum Gasteiger partial charge on any atom is 0.416 e. The summed E-state index contributed by atoms with van der Waals surface area (Å²) in [4.78, 5) is 27.7. The molecule has 2 amide bonds. The Morgan fingerprint density at radius 1 is 1.06 bits per heavy atom. The molecule has 36 heavy (non-hydrogen) atoms. The van der Waals surface area contributed by atoms with Gasteiger partial charge >= 0.3 is 6.18 Å². The van der Waals surface area contributed by atoms with Crippen LogP contribution in [0, 0.1) is 6.92 Å². The number of anilines is 1. The maximum absolute atomic E-state index is 13.5. The molecule has 0 aromatic heterocycles. The van der Waals surface area contributed by atoms with Crippen molar-refractivity contribution in [3.63, 3.8) is 0 Å². The van der Waals surface area contributed by atoms with Crippen molar-refractivity contribution in [2.24, 2.45) is 0 Å². The van der Waals surface area contributed by atoms with Crippen LogP contribution in [0.15, 0.2) is 48.5 Å². The Morgan fingerprint density at radius 2 is 1.67 bits per heavy atom. The van der Waals surface area contributed by atoms with E-state index in [0.717, 1.165) is 29.5 Å². The number of benzene rings is 2. The standard InChI is InChI=1S/C25H32F3N3O4S/c1-6-22(24(33)29-17(2)3)30(15-19-12-10-18(4)11-13-19)23(32)16-31(36(5,34)35)21-9-7-8-20(14-21)25(26,27)28/h7-14,17,22H,6,15-16H2,1-5H3,(H,29,33)/t22-/m1/s1. The van der Waals surface area contributed by atoms with E-state index in [4.69, 9.17) is 0 Å². The second-order valence-electron chi connectivity index (χ2n) is 8.91. The van der Waals surface area contributed by atoms with Gasteiger partial charge in [-0.3, -0.25) is 13.9 Å². The number of hydrogen-bond donors (Lipinski definition) is 1. The van der Waals surface area contributed by atoms with Crippen molar-refractivity contribution in [1.29, 1.82) is 0 Å². The smallest absolute Gasteiger partial charge is 0.352 e. The zero-order valence-electron chi connectivity index (χ0n) is 21.0. The second-order valence-corrected chi connectivity index (χ2v) is 10.8. The van der Waals surface area contributed by atoms with Crippen molar-refractivity contribution in [3.05, 3.63) is 65.2 Å². The fourth-order valence-corrected chi connectivity index (χ4v) is 4.48. The first-order chi connectivity index (χ1) is 16.6. The molecule has 0 spiro atoms. The number of nitrogens with one attached hydrogen (secondary N) is 1. The van der Waals surface area contributed by atoms with E-state index in [9.17, 15) is 31.2 Å². The molecule has 198 valence electrons. The third kappa shape index (κ3) is 7.97. The minimum atomic E-state index is -4.69. The molecule has 7 nitrogen and oxygen atoms in total.